The lowest BCUT2D eigenvalue weighted by molar-refractivity contribution is -0.125. The number of anilines is 1. The van der Waals surface area contributed by atoms with Crippen LogP contribution in [0.25, 0.3) is 0 Å². The standard InChI is InChI=1S/C17H24ClN3O4/c1-10(2)7-14(21-17(24)25-4)16(23)19-9-15(22)20-13-6-5-11(3)8-12(13)18/h5-6,8,10,14H,7,9H2,1-4H3,(H,19,23)(H,20,22)(H,21,24). The van der Waals surface area contributed by atoms with E-state index in [-0.39, 0.29) is 12.5 Å². The molecule has 0 fully saturated rings. The van der Waals surface area contributed by atoms with E-state index in [9.17, 15) is 14.4 Å². The summed E-state index contributed by atoms with van der Waals surface area (Å²) in [7, 11) is 1.22. The van der Waals surface area contributed by atoms with Crippen LogP contribution in [0.2, 0.25) is 5.02 Å². The number of nitrogens with one attached hydrogen (secondary N) is 3. The first-order valence-corrected chi connectivity index (χ1v) is 8.29. The van der Waals surface area contributed by atoms with E-state index < -0.39 is 23.9 Å². The van der Waals surface area contributed by atoms with Crippen LogP contribution in [0.5, 0.6) is 0 Å². The summed E-state index contributed by atoms with van der Waals surface area (Å²) in [6.45, 7) is 5.50. The second kappa shape index (κ2) is 9.88. The summed E-state index contributed by atoms with van der Waals surface area (Å²) in [6, 6.07) is 4.47. The van der Waals surface area contributed by atoms with Crippen LogP contribution in [0, 0.1) is 12.8 Å². The largest absolute Gasteiger partial charge is 0.453 e. The number of carbonyl (C=O) groups excluding carboxylic acids is 3. The number of carbonyl (C=O) groups is 3. The molecule has 0 aromatic heterocycles. The summed E-state index contributed by atoms with van der Waals surface area (Å²) >= 11 is 6.05. The maximum absolute atomic E-state index is 12.2. The van der Waals surface area contributed by atoms with E-state index in [1.807, 2.05) is 26.8 Å². The fourth-order valence-corrected chi connectivity index (χ4v) is 2.39. The minimum atomic E-state index is -0.775. The Balaban J connectivity index is 2.59. The van der Waals surface area contributed by atoms with Crippen molar-refractivity contribution in [2.45, 2.75) is 33.2 Å². The van der Waals surface area contributed by atoms with Gasteiger partial charge in [-0.1, -0.05) is 31.5 Å². The molecule has 8 heteroatoms. The number of benzene rings is 1. The molecule has 1 aromatic carbocycles. The molecule has 0 saturated heterocycles. The Hall–Kier alpha value is -2.28. The van der Waals surface area contributed by atoms with Crippen molar-refractivity contribution in [2.24, 2.45) is 5.92 Å². The van der Waals surface area contributed by atoms with Gasteiger partial charge in [-0.05, 0) is 37.0 Å². The third-order valence-electron chi connectivity index (χ3n) is 3.32. The minimum Gasteiger partial charge on any atom is -0.453 e. The molecule has 0 aliphatic heterocycles. The topological polar surface area (TPSA) is 96.5 Å². The van der Waals surface area contributed by atoms with Gasteiger partial charge in [-0.15, -0.1) is 0 Å². The Bertz CT molecular complexity index is 634. The Labute approximate surface area is 152 Å². The molecule has 1 aromatic rings. The Kier molecular flexibility index (Phi) is 8.21. The number of amides is 3. The number of hydrogen-bond acceptors (Lipinski definition) is 4. The summed E-state index contributed by atoms with van der Waals surface area (Å²) in [5.41, 5.74) is 1.44. The fraction of sp³-hybridized carbons (Fsp3) is 0.471. The lowest BCUT2D eigenvalue weighted by Gasteiger charge is -2.19. The Morgan fingerprint density at radius 2 is 1.92 bits per heavy atom. The molecule has 0 bridgehead atoms. The van der Waals surface area contributed by atoms with Crippen LogP contribution in [0.3, 0.4) is 0 Å². The number of methoxy groups -OCH3 is 1. The van der Waals surface area contributed by atoms with Crippen LogP contribution < -0.4 is 16.0 Å². The second-order valence-corrected chi connectivity index (χ2v) is 6.47. The van der Waals surface area contributed by atoms with E-state index in [2.05, 4.69) is 20.7 Å². The molecule has 0 radical (unpaired) electrons. The molecule has 138 valence electrons. The van der Waals surface area contributed by atoms with Gasteiger partial charge in [-0.2, -0.15) is 0 Å². The molecule has 0 spiro atoms. The zero-order valence-electron chi connectivity index (χ0n) is 14.8. The number of ether oxygens (including phenoxy) is 1. The van der Waals surface area contributed by atoms with Crippen molar-refractivity contribution in [2.75, 3.05) is 19.0 Å². The molecule has 7 nitrogen and oxygen atoms in total. The van der Waals surface area contributed by atoms with Gasteiger partial charge in [0.25, 0.3) is 0 Å². The van der Waals surface area contributed by atoms with Gasteiger partial charge in [0.2, 0.25) is 11.8 Å². The van der Waals surface area contributed by atoms with Crippen molar-refractivity contribution in [1.29, 1.82) is 0 Å². The fourth-order valence-electron chi connectivity index (χ4n) is 2.11. The van der Waals surface area contributed by atoms with E-state index in [1.165, 1.54) is 7.11 Å². The molecule has 3 N–H and O–H groups in total. The van der Waals surface area contributed by atoms with Crippen molar-refractivity contribution >= 4 is 35.2 Å². The number of aryl methyl sites for hydroxylation is 1. The number of rotatable bonds is 7. The maximum atomic E-state index is 12.2. The van der Waals surface area contributed by atoms with Gasteiger partial charge in [0.05, 0.1) is 24.4 Å². The lowest BCUT2D eigenvalue weighted by atomic mass is 10.0. The van der Waals surface area contributed by atoms with Gasteiger partial charge in [-0.3, -0.25) is 9.59 Å². The van der Waals surface area contributed by atoms with Crippen molar-refractivity contribution in [1.82, 2.24) is 10.6 Å². The summed E-state index contributed by atoms with van der Waals surface area (Å²) in [6.07, 6.45) is -0.275. The third kappa shape index (κ3) is 7.43. The van der Waals surface area contributed by atoms with Crippen LogP contribution >= 0.6 is 11.6 Å². The lowest BCUT2D eigenvalue weighted by Crippen LogP contribution is -2.48. The average molecular weight is 370 g/mol. The molecule has 1 unspecified atom stereocenters. The molecular formula is C17H24ClN3O4. The van der Waals surface area contributed by atoms with Crippen LogP contribution in [0.15, 0.2) is 18.2 Å². The molecule has 0 heterocycles. The van der Waals surface area contributed by atoms with E-state index in [0.717, 1.165) is 5.56 Å². The van der Waals surface area contributed by atoms with Crippen LogP contribution in [0.4, 0.5) is 10.5 Å². The number of alkyl carbamates (subject to hydrolysis) is 1. The van der Waals surface area contributed by atoms with Crippen molar-refractivity contribution in [3.8, 4) is 0 Å². The number of hydrogen-bond donors (Lipinski definition) is 3. The molecule has 0 saturated carbocycles. The SMILES string of the molecule is COC(=O)NC(CC(C)C)C(=O)NCC(=O)Nc1ccc(C)cc1Cl. The first-order chi connectivity index (χ1) is 11.7. The van der Waals surface area contributed by atoms with Crippen molar-refractivity contribution in [3.05, 3.63) is 28.8 Å². The molecule has 3 amide bonds. The van der Waals surface area contributed by atoms with E-state index >= 15 is 0 Å². The summed E-state index contributed by atoms with van der Waals surface area (Å²) < 4.78 is 4.52. The second-order valence-electron chi connectivity index (χ2n) is 6.07. The summed E-state index contributed by atoms with van der Waals surface area (Å²) in [4.78, 5) is 35.5. The third-order valence-corrected chi connectivity index (χ3v) is 3.64. The number of halogens is 1. The van der Waals surface area contributed by atoms with Crippen molar-refractivity contribution < 1.29 is 19.1 Å². The summed E-state index contributed by atoms with van der Waals surface area (Å²) in [5, 5.41) is 8.01. The summed E-state index contributed by atoms with van der Waals surface area (Å²) in [5.74, 6) is -0.696. The predicted molar refractivity (Wildman–Crippen MR) is 96.6 cm³/mol. The molecule has 25 heavy (non-hydrogen) atoms. The van der Waals surface area contributed by atoms with Crippen molar-refractivity contribution in [3.63, 3.8) is 0 Å². The highest BCUT2D eigenvalue weighted by atomic mass is 35.5. The van der Waals surface area contributed by atoms with Gasteiger partial charge in [0, 0.05) is 0 Å². The normalized spacial score (nSPS) is 11.6. The maximum Gasteiger partial charge on any atom is 0.407 e. The van der Waals surface area contributed by atoms with Gasteiger partial charge in [0.1, 0.15) is 6.04 Å². The molecule has 0 aliphatic rings. The van der Waals surface area contributed by atoms with Crippen LogP contribution in [-0.2, 0) is 14.3 Å². The van der Waals surface area contributed by atoms with Crippen LogP contribution in [-0.4, -0.2) is 37.6 Å². The highest BCUT2D eigenvalue weighted by Gasteiger charge is 2.22. The van der Waals surface area contributed by atoms with Crippen LogP contribution in [0.1, 0.15) is 25.8 Å². The first kappa shape index (κ1) is 20.8. The smallest absolute Gasteiger partial charge is 0.407 e. The molecular weight excluding hydrogens is 346 g/mol. The predicted octanol–water partition coefficient (Wildman–Crippen LogP) is 2.47. The average Bonchev–Trinajstić information content (AvgIpc) is 2.54. The quantitative estimate of drug-likeness (QED) is 0.687. The van der Waals surface area contributed by atoms with E-state index in [4.69, 9.17) is 11.6 Å². The molecule has 0 aliphatic carbocycles. The van der Waals surface area contributed by atoms with Gasteiger partial charge in [0.15, 0.2) is 0 Å². The van der Waals surface area contributed by atoms with Gasteiger partial charge < -0.3 is 20.7 Å². The van der Waals surface area contributed by atoms with Gasteiger partial charge in [-0.25, -0.2) is 4.79 Å². The minimum absolute atomic E-state index is 0.174. The monoisotopic (exact) mass is 369 g/mol. The van der Waals surface area contributed by atoms with E-state index in [1.54, 1.807) is 12.1 Å². The molecule has 1 rings (SSSR count). The van der Waals surface area contributed by atoms with E-state index in [0.29, 0.717) is 17.1 Å². The Morgan fingerprint density at radius 3 is 2.48 bits per heavy atom. The first-order valence-electron chi connectivity index (χ1n) is 7.91. The zero-order valence-corrected chi connectivity index (χ0v) is 15.6. The Morgan fingerprint density at radius 1 is 1.24 bits per heavy atom. The zero-order chi connectivity index (χ0) is 19.0. The highest BCUT2D eigenvalue weighted by Crippen LogP contribution is 2.22. The highest BCUT2D eigenvalue weighted by molar-refractivity contribution is 6.33. The molecule has 1 atom stereocenters. The van der Waals surface area contributed by atoms with Gasteiger partial charge >= 0.3 is 6.09 Å².